The Morgan fingerprint density at radius 2 is 2.09 bits per heavy atom. The molecule has 0 spiro atoms. The Bertz CT molecular complexity index is 705. The van der Waals surface area contributed by atoms with Gasteiger partial charge in [0, 0.05) is 43.0 Å². The molecule has 1 aliphatic rings. The molecule has 0 atom stereocenters. The van der Waals surface area contributed by atoms with Gasteiger partial charge in [-0.05, 0) is 47.0 Å². The second kappa shape index (κ2) is 6.97. The van der Waals surface area contributed by atoms with Gasteiger partial charge in [-0.1, -0.05) is 6.07 Å². The van der Waals surface area contributed by atoms with Crippen LogP contribution >= 0.6 is 15.9 Å². The van der Waals surface area contributed by atoms with Gasteiger partial charge in [-0.3, -0.25) is 0 Å². The second-order valence-corrected chi connectivity index (χ2v) is 6.57. The number of pyridine rings is 2. The normalized spacial score (nSPS) is 15.3. The van der Waals surface area contributed by atoms with Crippen LogP contribution in [0.4, 0.5) is 11.6 Å². The molecule has 23 heavy (non-hydrogen) atoms. The number of hydrogen-bond donors (Lipinski definition) is 0. The predicted octanol–water partition coefficient (Wildman–Crippen LogP) is 3.22. The summed E-state index contributed by atoms with van der Waals surface area (Å²) < 4.78 is 0.836. The Kier molecular flexibility index (Phi) is 4.77. The minimum atomic E-state index is 0.460. The smallest absolute Gasteiger partial charge is 0.146 e. The van der Waals surface area contributed by atoms with Crippen LogP contribution in [0.1, 0.15) is 18.4 Å². The number of halogens is 1. The second-order valence-electron chi connectivity index (χ2n) is 5.65. The molecule has 0 amide bonds. The average molecular weight is 372 g/mol. The van der Waals surface area contributed by atoms with E-state index in [9.17, 15) is 5.26 Å². The molecule has 6 heteroatoms. The van der Waals surface area contributed by atoms with Crippen molar-refractivity contribution in [1.29, 1.82) is 5.26 Å². The number of nitriles is 1. The third-order valence-electron chi connectivity index (χ3n) is 4.28. The van der Waals surface area contributed by atoms with Crippen LogP contribution < -0.4 is 9.80 Å². The summed E-state index contributed by atoms with van der Waals surface area (Å²) in [5.41, 5.74) is 0.621. The zero-order chi connectivity index (χ0) is 16.2. The number of anilines is 2. The molecule has 0 aliphatic carbocycles. The van der Waals surface area contributed by atoms with Gasteiger partial charge in [-0.15, -0.1) is 0 Å². The molecule has 3 rings (SSSR count). The van der Waals surface area contributed by atoms with Crippen molar-refractivity contribution in [2.24, 2.45) is 0 Å². The molecular weight excluding hydrogens is 354 g/mol. The lowest BCUT2D eigenvalue weighted by Crippen LogP contribution is -2.44. The number of nitrogens with zero attached hydrogens (tertiary/aromatic N) is 5. The zero-order valence-corrected chi connectivity index (χ0v) is 14.6. The average Bonchev–Trinajstić information content (AvgIpc) is 2.62. The topological polar surface area (TPSA) is 56.1 Å². The van der Waals surface area contributed by atoms with E-state index in [0.29, 0.717) is 11.6 Å². The summed E-state index contributed by atoms with van der Waals surface area (Å²) in [5, 5.41) is 9.31. The number of hydrogen-bond acceptors (Lipinski definition) is 5. The van der Waals surface area contributed by atoms with Crippen molar-refractivity contribution in [3.63, 3.8) is 0 Å². The maximum absolute atomic E-state index is 9.31. The van der Waals surface area contributed by atoms with Crippen LogP contribution in [0.5, 0.6) is 0 Å². The van der Waals surface area contributed by atoms with Crippen LogP contribution in [0.15, 0.2) is 41.1 Å². The Hall–Kier alpha value is -2.13. The third-order valence-corrected chi connectivity index (χ3v) is 4.71. The van der Waals surface area contributed by atoms with Gasteiger partial charge in [-0.2, -0.15) is 5.26 Å². The first kappa shape index (κ1) is 15.8. The highest BCUT2D eigenvalue weighted by Gasteiger charge is 2.25. The fraction of sp³-hybridized carbons (Fsp3) is 0.353. The van der Waals surface area contributed by atoms with E-state index in [-0.39, 0.29) is 0 Å². The van der Waals surface area contributed by atoms with Gasteiger partial charge in [0.2, 0.25) is 0 Å². The molecule has 3 heterocycles. The van der Waals surface area contributed by atoms with Crippen molar-refractivity contribution < 1.29 is 0 Å². The van der Waals surface area contributed by atoms with Crippen molar-refractivity contribution in [2.45, 2.75) is 18.9 Å². The van der Waals surface area contributed by atoms with Crippen LogP contribution in [0, 0.1) is 11.3 Å². The maximum atomic E-state index is 9.31. The first-order valence-corrected chi connectivity index (χ1v) is 8.43. The van der Waals surface area contributed by atoms with Crippen molar-refractivity contribution in [3.8, 4) is 6.07 Å². The van der Waals surface area contributed by atoms with Crippen molar-refractivity contribution in [3.05, 3.63) is 46.7 Å². The van der Waals surface area contributed by atoms with E-state index in [2.05, 4.69) is 48.8 Å². The first-order valence-electron chi connectivity index (χ1n) is 7.63. The van der Waals surface area contributed by atoms with E-state index in [1.807, 2.05) is 30.5 Å². The highest BCUT2D eigenvalue weighted by atomic mass is 79.9. The van der Waals surface area contributed by atoms with Crippen molar-refractivity contribution in [2.75, 3.05) is 29.9 Å². The summed E-state index contributed by atoms with van der Waals surface area (Å²) in [6, 6.07) is 10.5. The molecule has 0 saturated carbocycles. The fourth-order valence-corrected chi connectivity index (χ4v) is 3.31. The summed E-state index contributed by atoms with van der Waals surface area (Å²) in [7, 11) is 2.10. The Morgan fingerprint density at radius 3 is 2.74 bits per heavy atom. The van der Waals surface area contributed by atoms with E-state index in [0.717, 1.165) is 42.0 Å². The summed E-state index contributed by atoms with van der Waals surface area (Å²) in [4.78, 5) is 13.3. The Morgan fingerprint density at radius 1 is 1.30 bits per heavy atom. The van der Waals surface area contributed by atoms with Crippen LogP contribution in [0.3, 0.4) is 0 Å². The lowest BCUT2D eigenvalue weighted by molar-refractivity contribution is 0.478. The molecule has 118 valence electrons. The molecule has 0 unspecified atom stereocenters. The SMILES string of the molecule is CN(c1ccccn1)C1CCN(c2ncc(Br)cc2C#N)CC1. The molecule has 0 N–H and O–H groups in total. The lowest BCUT2D eigenvalue weighted by atomic mass is 10.0. The van der Waals surface area contributed by atoms with E-state index < -0.39 is 0 Å². The summed E-state index contributed by atoms with van der Waals surface area (Å²) in [6.07, 6.45) is 5.62. The van der Waals surface area contributed by atoms with Gasteiger partial charge in [-0.25, -0.2) is 9.97 Å². The molecule has 0 radical (unpaired) electrons. The van der Waals surface area contributed by atoms with Gasteiger partial charge in [0.15, 0.2) is 0 Å². The zero-order valence-electron chi connectivity index (χ0n) is 13.0. The Labute approximate surface area is 144 Å². The third kappa shape index (κ3) is 3.45. The summed E-state index contributed by atoms with van der Waals surface area (Å²) in [6.45, 7) is 1.79. The maximum Gasteiger partial charge on any atom is 0.146 e. The van der Waals surface area contributed by atoms with Gasteiger partial charge >= 0.3 is 0 Å². The van der Waals surface area contributed by atoms with Crippen LogP contribution in [-0.4, -0.2) is 36.1 Å². The van der Waals surface area contributed by atoms with E-state index in [4.69, 9.17) is 0 Å². The standard InChI is InChI=1S/C17H18BrN5/c1-22(16-4-2-3-7-20-16)15-5-8-23(9-6-15)17-13(11-19)10-14(18)12-21-17/h2-4,7,10,12,15H,5-6,8-9H2,1H3. The van der Waals surface area contributed by atoms with Gasteiger partial charge in [0.25, 0.3) is 0 Å². The lowest BCUT2D eigenvalue weighted by Gasteiger charge is -2.38. The van der Waals surface area contributed by atoms with Gasteiger partial charge in [0.05, 0.1) is 5.56 Å². The highest BCUT2D eigenvalue weighted by molar-refractivity contribution is 9.10. The minimum absolute atomic E-state index is 0.460. The monoisotopic (exact) mass is 371 g/mol. The van der Waals surface area contributed by atoms with E-state index in [1.54, 1.807) is 6.20 Å². The number of piperidine rings is 1. The highest BCUT2D eigenvalue weighted by Crippen LogP contribution is 2.26. The Balaban J connectivity index is 1.68. The first-order chi connectivity index (χ1) is 11.2. The van der Waals surface area contributed by atoms with E-state index in [1.165, 1.54) is 0 Å². The van der Waals surface area contributed by atoms with Crippen LogP contribution in [-0.2, 0) is 0 Å². The summed E-state index contributed by atoms with van der Waals surface area (Å²) in [5.74, 6) is 1.79. The predicted molar refractivity (Wildman–Crippen MR) is 94.5 cm³/mol. The van der Waals surface area contributed by atoms with Gasteiger partial charge < -0.3 is 9.80 Å². The number of aromatic nitrogens is 2. The van der Waals surface area contributed by atoms with Crippen molar-refractivity contribution in [1.82, 2.24) is 9.97 Å². The molecule has 1 fully saturated rings. The minimum Gasteiger partial charge on any atom is -0.357 e. The summed E-state index contributed by atoms with van der Waals surface area (Å²) >= 11 is 3.37. The molecule has 5 nitrogen and oxygen atoms in total. The largest absolute Gasteiger partial charge is 0.357 e. The molecule has 1 saturated heterocycles. The van der Waals surface area contributed by atoms with E-state index >= 15 is 0 Å². The van der Waals surface area contributed by atoms with Crippen LogP contribution in [0.25, 0.3) is 0 Å². The quantitative estimate of drug-likeness (QED) is 0.828. The molecule has 1 aliphatic heterocycles. The fourth-order valence-electron chi connectivity index (χ4n) is 2.98. The van der Waals surface area contributed by atoms with Crippen molar-refractivity contribution >= 4 is 27.6 Å². The molecular formula is C17H18BrN5. The van der Waals surface area contributed by atoms with Crippen LogP contribution in [0.2, 0.25) is 0 Å². The molecule has 2 aromatic rings. The van der Waals surface area contributed by atoms with Gasteiger partial charge in [0.1, 0.15) is 17.7 Å². The molecule has 2 aromatic heterocycles. The molecule has 0 bridgehead atoms. The number of rotatable bonds is 3. The molecule has 0 aromatic carbocycles.